The summed E-state index contributed by atoms with van der Waals surface area (Å²) in [7, 11) is 0. The first-order valence-corrected chi connectivity index (χ1v) is 11.0. The van der Waals surface area contributed by atoms with Crippen molar-refractivity contribution in [3.05, 3.63) is 86.6 Å². The number of nitrogen functional groups attached to an aromatic ring is 1. The summed E-state index contributed by atoms with van der Waals surface area (Å²) < 4.78 is 5.26. The van der Waals surface area contributed by atoms with Crippen LogP contribution in [0, 0.1) is 32.6 Å². The molecule has 0 aliphatic heterocycles. The van der Waals surface area contributed by atoms with Gasteiger partial charge in [0, 0.05) is 35.0 Å². The van der Waals surface area contributed by atoms with Gasteiger partial charge in [0.05, 0.1) is 11.3 Å². The van der Waals surface area contributed by atoms with Crippen molar-refractivity contribution in [2.75, 3.05) is 5.73 Å². The molecule has 0 saturated carbocycles. The van der Waals surface area contributed by atoms with Gasteiger partial charge in [-0.25, -0.2) is 4.98 Å². The van der Waals surface area contributed by atoms with Gasteiger partial charge in [0.15, 0.2) is 0 Å². The minimum absolute atomic E-state index is 0.138. The van der Waals surface area contributed by atoms with E-state index in [2.05, 4.69) is 27.3 Å². The quantitative estimate of drug-likeness (QED) is 0.449. The highest BCUT2D eigenvalue weighted by molar-refractivity contribution is 7.07. The summed E-state index contributed by atoms with van der Waals surface area (Å²) in [6.45, 7) is 6.19. The smallest absolute Gasteiger partial charge is 0.251 e. The Morgan fingerprint density at radius 2 is 1.97 bits per heavy atom. The van der Waals surface area contributed by atoms with E-state index in [0.29, 0.717) is 29.2 Å². The fourth-order valence-corrected chi connectivity index (χ4v) is 3.99. The molecule has 0 bridgehead atoms. The van der Waals surface area contributed by atoms with Crippen molar-refractivity contribution in [1.29, 1.82) is 0 Å². The van der Waals surface area contributed by atoms with Crippen molar-refractivity contribution in [3.63, 3.8) is 0 Å². The molecule has 4 aromatic rings. The summed E-state index contributed by atoms with van der Waals surface area (Å²) in [4.78, 5) is 16.9. The second-order valence-corrected chi connectivity index (χ2v) is 8.23. The first-order chi connectivity index (χ1) is 15.4. The first kappa shape index (κ1) is 21.3. The standard InChI is InChI=1S/C25H22N4O2S/c1-15-4-5-21(25(30)28-12-18-8-9-32-14-18)10-19(15)6-7-20-11-22(13-27-24(20)26)23-16(2)29-31-17(23)3/h4-5,8-11,13-14H,12H2,1-3H3,(H2,26,27)(H,28,30). The Morgan fingerprint density at radius 3 is 2.69 bits per heavy atom. The average molecular weight is 443 g/mol. The van der Waals surface area contributed by atoms with Crippen LogP contribution in [0.5, 0.6) is 0 Å². The number of pyridine rings is 1. The lowest BCUT2D eigenvalue weighted by Gasteiger charge is -2.06. The lowest BCUT2D eigenvalue weighted by Crippen LogP contribution is -2.22. The van der Waals surface area contributed by atoms with Crippen molar-refractivity contribution in [3.8, 4) is 23.0 Å². The number of hydrogen-bond acceptors (Lipinski definition) is 6. The lowest BCUT2D eigenvalue weighted by molar-refractivity contribution is 0.0951. The number of nitrogens with two attached hydrogens (primary N) is 1. The summed E-state index contributed by atoms with van der Waals surface area (Å²) in [5, 5.41) is 10.9. The first-order valence-electron chi connectivity index (χ1n) is 10.0. The monoisotopic (exact) mass is 442 g/mol. The molecule has 0 atom stereocenters. The van der Waals surface area contributed by atoms with Crippen LogP contribution in [0.15, 0.2) is 51.8 Å². The Hall–Kier alpha value is -3.89. The van der Waals surface area contributed by atoms with Crippen LogP contribution in [-0.4, -0.2) is 16.0 Å². The van der Waals surface area contributed by atoms with Crippen LogP contribution in [0.2, 0.25) is 0 Å². The number of carbonyl (C=O) groups excluding carboxylic acids is 1. The summed E-state index contributed by atoms with van der Waals surface area (Å²) in [6, 6.07) is 9.37. The zero-order valence-corrected chi connectivity index (χ0v) is 18.8. The zero-order valence-electron chi connectivity index (χ0n) is 18.0. The number of amides is 1. The topological polar surface area (TPSA) is 94.0 Å². The number of hydrogen-bond donors (Lipinski definition) is 2. The van der Waals surface area contributed by atoms with Gasteiger partial charge >= 0.3 is 0 Å². The van der Waals surface area contributed by atoms with Crippen LogP contribution in [-0.2, 0) is 6.54 Å². The maximum Gasteiger partial charge on any atom is 0.251 e. The maximum atomic E-state index is 12.6. The molecule has 0 unspecified atom stereocenters. The van der Waals surface area contributed by atoms with E-state index in [9.17, 15) is 4.79 Å². The van der Waals surface area contributed by atoms with Crippen molar-refractivity contribution < 1.29 is 9.32 Å². The Balaban J connectivity index is 1.60. The Labute approximate surface area is 190 Å². The van der Waals surface area contributed by atoms with Gasteiger partial charge in [0.1, 0.15) is 11.6 Å². The van der Waals surface area contributed by atoms with Crippen LogP contribution < -0.4 is 11.1 Å². The Kier molecular flexibility index (Phi) is 6.06. The molecule has 3 heterocycles. The predicted octanol–water partition coefficient (Wildman–Crippen LogP) is 4.64. The molecule has 0 spiro atoms. The average Bonchev–Trinajstić information content (AvgIpc) is 3.42. The second kappa shape index (κ2) is 9.08. The number of nitrogens with zero attached hydrogens (tertiary/aromatic N) is 2. The van der Waals surface area contributed by atoms with E-state index >= 15 is 0 Å². The molecule has 7 heteroatoms. The van der Waals surface area contributed by atoms with Crippen LogP contribution in [0.1, 0.15) is 44.1 Å². The van der Waals surface area contributed by atoms with Gasteiger partial charge in [0.2, 0.25) is 0 Å². The van der Waals surface area contributed by atoms with Crippen LogP contribution in [0.4, 0.5) is 5.82 Å². The fraction of sp³-hybridized carbons (Fsp3) is 0.160. The number of benzene rings is 1. The molecule has 160 valence electrons. The fourth-order valence-electron chi connectivity index (χ4n) is 3.32. The molecule has 0 radical (unpaired) electrons. The molecule has 6 nitrogen and oxygen atoms in total. The maximum absolute atomic E-state index is 12.6. The predicted molar refractivity (Wildman–Crippen MR) is 126 cm³/mol. The van der Waals surface area contributed by atoms with E-state index in [1.807, 2.05) is 49.7 Å². The van der Waals surface area contributed by atoms with E-state index in [1.54, 1.807) is 29.7 Å². The highest BCUT2D eigenvalue weighted by Gasteiger charge is 2.13. The van der Waals surface area contributed by atoms with E-state index < -0.39 is 0 Å². The number of carbonyl (C=O) groups is 1. The number of aromatic nitrogens is 2. The molecular formula is C25H22N4O2S. The number of aryl methyl sites for hydroxylation is 3. The molecule has 4 rings (SSSR count). The van der Waals surface area contributed by atoms with Gasteiger partial charge in [-0.2, -0.15) is 11.3 Å². The van der Waals surface area contributed by atoms with Gasteiger partial charge in [0.25, 0.3) is 5.91 Å². The highest BCUT2D eigenvalue weighted by Crippen LogP contribution is 2.28. The van der Waals surface area contributed by atoms with Crippen molar-refractivity contribution >= 4 is 23.1 Å². The summed E-state index contributed by atoms with van der Waals surface area (Å²) >= 11 is 1.61. The van der Waals surface area contributed by atoms with Crippen LogP contribution in [0.25, 0.3) is 11.1 Å². The minimum Gasteiger partial charge on any atom is -0.383 e. The largest absolute Gasteiger partial charge is 0.383 e. The number of thiophene rings is 1. The van der Waals surface area contributed by atoms with Crippen molar-refractivity contribution in [2.45, 2.75) is 27.3 Å². The molecule has 3 N–H and O–H groups in total. The third-order valence-corrected chi connectivity index (χ3v) is 5.84. The third kappa shape index (κ3) is 4.56. The number of nitrogens with one attached hydrogen (secondary N) is 1. The molecule has 3 aromatic heterocycles. The summed E-state index contributed by atoms with van der Waals surface area (Å²) in [5.41, 5.74) is 12.6. The van der Waals surface area contributed by atoms with E-state index in [1.165, 1.54) is 0 Å². The highest BCUT2D eigenvalue weighted by atomic mass is 32.1. The summed E-state index contributed by atoms with van der Waals surface area (Å²) in [5.74, 6) is 7.18. The van der Waals surface area contributed by atoms with Gasteiger partial charge < -0.3 is 15.6 Å². The molecule has 1 amide bonds. The van der Waals surface area contributed by atoms with Gasteiger partial charge in [-0.3, -0.25) is 4.79 Å². The van der Waals surface area contributed by atoms with Crippen LogP contribution >= 0.6 is 11.3 Å². The molecule has 0 aliphatic rings. The lowest BCUT2D eigenvalue weighted by atomic mass is 10.0. The number of rotatable bonds is 4. The zero-order chi connectivity index (χ0) is 22.7. The number of anilines is 1. The summed E-state index contributed by atoms with van der Waals surface area (Å²) in [6.07, 6.45) is 1.69. The van der Waals surface area contributed by atoms with Crippen molar-refractivity contribution in [1.82, 2.24) is 15.5 Å². The Bertz CT molecular complexity index is 1320. The second-order valence-electron chi connectivity index (χ2n) is 7.45. The van der Waals surface area contributed by atoms with Gasteiger partial charge in [-0.1, -0.05) is 23.1 Å². The van der Waals surface area contributed by atoms with E-state index in [-0.39, 0.29) is 5.91 Å². The molecule has 1 aromatic carbocycles. The van der Waals surface area contributed by atoms with Crippen LogP contribution in [0.3, 0.4) is 0 Å². The normalized spacial score (nSPS) is 10.5. The van der Waals surface area contributed by atoms with E-state index in [4.69, 9.17) is 10.3 Å². The van der Waals surface area contributed by atoms with Gasteiger partial charge in [-0.05, 0) is 66.9 Å². The molecule has 0 fully saturated rings. The minimum atomic E-state index is -0.138. The Morgan fingerprint density at radius 1 is 1.16 bits per heavy atom. The van der Waals surface area contributed by atoms with E-state index in [0.717, 1.165) is 33.5 Å². The van der Waals surface area contributed by atoms with Crippen molar-refractivity contribution in [2.24, 2.45) is 0 Å². The SMILES string of the molecule is Cc1ccc(C(=O)NCc2ccsc2)cc1C#Cc1cc(-c2c(C)noc2C)cnc1N. The molecule has 32 heavy (non-hydrogen) atoms. The van der Waals surface area contributed by atoms with Gasteiger partial charge in [-0.15, -0.1) is 0 Å². The third-order valence-electron chi connectivity index (χ3n) is 5.11. The molecular weight excluding hydrogens is 420 g/mol. The molecule has 0 saturated heterocycles. The molecule has 0 aliphatic carbocycles.